The standard InChI is InChI=1S/C58H42N2/c1-35-39(36-26-28-54-49(30-36)44-24-14-15-25-53(44)59(54)37-16-6-4-7-17-37)27-29-55-57(35)50-32-48-47-31-45-42-22-12-10-20-40(42)41-21-11-13-23-43(41)46(45)33-51(47)58(2,3)52(48)34-56(50)60(55)38-18-8-5-9-19-38/h4-35,39H,1-3H3. The fourth-order valence-corrected chi connectivity index (χ4v) is 11.4. The molecule has 2 aliphatic rings. The van der Waals surface area contributed by atoms with Gasteiger partial charge in [-0.1, -0.05) is 136 Å². The Balaban J connectivity index is 1.03. The van der Waals surface area contributed by atoms with Crippen LogP contribution in [-0.2, 0) is 5.41 Å². The fourth-order valence-electron chi connectivity index (χ4n) is 11.4. The summed E-state index contributed by atoms with van der Waals surface area (Å²) in [4.78, 5) is 0. The molecule has 2 atom stereocenters. The number of hydrogen-bond acceptors (Lipinski definition) is 0. The number of benzene rings is 9. The molecule has 11 aromatic rings. The van der Waals surface area contributed by atoms with Crippen LogP contribution in [0.5, 0.6) is 0 Å². The molecule has 0 fully saturated rings. The second-order valence-electron chi connectivity index (χ2n) is 17.7. The highest BCUT2D eigenvalue weighted by Crippen LogP contribution is 2.55. The number of para-hydroxylation sites is 3. The molecule has 2 unspecified atom stereocenters. The number of allylic oxidation sites excluding steroid dienone is 1. The summed E-state index contributed by atoms with van der Waals surface area (Å²) in [6, 6.07) is 65.8. The molecule has 9 aromatic carbocycles. The summed E-state index contributed by atoms with van der Waals surface area (Å²) >= 11 is 0. The molecular weight excluding hydrogens is 725 g/mol. The van der Waals surface area contributed by atoms with Gasteiger partial charge in [0.05, 0.1) is 22.2 Å². The third kappa shape index (κ3) is 4.48. The predicted octanol–water partition coefficient (Wildman–Crippen LogP) is 15.4. The topological polar surface area (TPSA) is 9.86 Å². The summed E-state index contributed by atoms with van der Waals surface area (Å²) in [5.41, 5.74) is 15.6. The van der Waals surface area contributed by atoms with E-state index < -0.39 is 0 Å². The Morgan fingerprint density at radius 1 is 0.417 bits per heavy atom. The van der Waals surface area contributed by atoms with Gasteiger partial charge in [-0.05, 0) is 144 Å². The molecule has 0 radical (unpaired) electrons. The average molecular weight is 767 g/mol. The van der Waals surface area contributed by atoms with Crippen LogP contribution in [0, 0.1) is 0 Å². The van der Waals surface area contributed by atoms with Crippen molar-refractivity contribution in [3.05, 3.63) is 210 Å². The largest absolute Gasteiger partial charge is 0.310 e. The van der Waals surface area contributed by atoms with E-state index in [-0.39, 0.29) is 17.3 Å². The third-order valence-corrected chi connectivity index (χ3v) is 14.3. The Kier molecular flexibility index (Phi) is 6.86. The second kappa shape index (κ2) is 12.2. The first-order valence-corrected chi connectivity index (χ1v) is 21.4. The summed E-state index contributed by atoms with van der Waals surface area (Å²) in [7, 11) is 0. The van der Waals surface area contributed by atoms with Crippen molar-refractivity contribution in [3.63, 3.8) is 0 Å². The highest BCUT2D eigenvalue weighted by molar-refractivity contribution is 6.26. The van der Waals surface area contributed by atoms with E-state index in [1.807, 2.05) is 0 Å². The lowest BCUT2D eigenvalue weighted by atomic mass is 9.77. The van der Waals surface area contributed by atoms with Crippen molar-refractivity contribution in [3.8, 4) is 22.5 Å². The van der Waals surface area contributed by atoms with Gasteiger partial charge >= 0.3 is 0 Å². The zero-order chi connectivity index (χ0) is 39.9. The van der Waals surface area contributed by atoms with Crippen molar-refractivity contribution in [2.24, 2.45) is 0 Å². The van der Waals surface area contributed by atoms with Gasteiger partial charge in [0, 0.05) is 38.9 Å². The molecule has 2 heteroatoms. The average Bonchev–Trinajstić information content (AvgIpc) is 3.88. The fraction of sp³-hybridized carbons (Fsp3) is 0.103. The zero-order valence-electron chi connectivity index (χ0n) is 33.9. The van der Waals surface area contributed by atoms with Crippen molar-refractivity contribution in [1.29, 1.82) is 0 Å². The SMILES string of the molecule is CC1c2c(n(-c3ccccc3)c3cc4c(cc23)-c2cc3c5ccccc5c5ccccc5c3cc2C4(C)C)C=CC1c1ccc2c(c1)c1ccccc1n2-c1ccccc1. The lowest BCUT2D eigenvalue weighted by molar-refractivity contribution is 0.662. The third-order valence-electron chi connectivity index (χ3n) is 14.3. The number of rotatable bonds is 3. The molecule has 0 spiro atoms. The Morgan fingerprint density at radius 2 is 0.933 bits per heavy atom. The summed E-state index contributed by atoms with van der Waals surface area (Å²) in [6.45, 7) is 7.31. The molecule has 0 saturated heterocycles. The first-order valence-electron chi connectivity index (χ1n) is 21.4. The van der Waals surface area contributed by atoms with Crippen LogP contribution in [0.15, 0.2) is 182 Å². The Hall–Kier alpha value is -7.16. The van der Waals surface area contributed by atoms with Gasteiger partial charge < -0.3 is 9.13 Å². The normalized spacial score (nSPS) is 16.6. The molecule has 2 nitrogen and oxygen atoms in total. The molecule has 13 rings (SSSR count). The van der Waals surface area contributed by atoms with Crippen molar-refractivity contribution in [1.82, 2.24) is 9.13 Å². The van der Waals surface area contributed by atoms with Crippen LogP contribution >= 0.6 is 0 Å². The van der Waals surface area contributed by atoms with E-state index >= 15 is 0 Å². The lowest BCUT2D eigenvalue weighted by Gasteiger charge is -2.27. The molecule has 60 heavy (non-hydrogen) atoms. The molecule has 0 aliphatic heterocycles. The number of hydrogen-bond donors (Lipinski definition) is 0. The first kappa shape index (κ1) is 33.8. The highest BCUT2D eigenvalue weighted by atomic mass is 15.0. The molecule has 2 heterocycles. The van der Waals surface area contributed by atoms with E-state index in [2.05, 4.69) is 218 Å². The van der Waals surface area contributed by atoms with Gasteiger partial charge in [-0.15, -0.1) is 0 Å². The summed E-state index contributed by atoms with van der Waals surface area (Å²) in [6.07, 6.45) is 4.89. The molecular formula is C58H42N2. The molecule has 2 aromatic heterocycles. The second-order valence-corrected chi connectivity index (χ2v) is 17.7. The molecule has 2 aliphatic carbocycles. The van der Waals surface area contributed by atoms with Crippen molar-refractivity contribution >= 4 is 71.1 Å². The van der Waals surface area contributed by atoms with Crippen molar-refractivity contribution < 1.29 is 0 Å². The Bertz CT molecular complexity index is 3630. The summed E-state index contributed by atoms with van der Waals surface area (Å²) in [5, 5.41) is 11.9. The Labute approximate surface area is 349 Å². The van der Waals surface area contributed by atoms with Crippen LogP contribution < -0.4 is 0 Å². The minimum Gasteiger partial charge on any atom is -0.310 e. The van der Waals surface area contributed by atoms with Crippen LogP contribution in [0.25, 0.3) is 93.6 Å². The maximum Gasteiger partial charge on any atom is 0.0541 e. The van der Waals surface area contributed by atoms with E-state index in [1.165, 1.54) is 115 Å². The quantitative estimate of drug-likeness (QED) is 0.159. The number of fused-ring (bicyclic) bond motifs is 15. The molecule has 0 N–H and O–H groups in total. The number of aromatic nitrogens is 2. The first-order chi connectivity index (χ1) is 29.5. The zero-order valence-corrected chi connectivity index (χ0v) is 33.9. The van der Waals surface area contributed by atoms with Crippen molar-refractivity contribution in [2.45, 2.75) is 38.0 Å². The molecule has 284 valence electrons. The van der Waals surface area contributed by atoms with E-state index in [0.717, 1.165) is 0 Å². The maximum absolute atomic E-state index is 2.56. The Morgan fingerprint density at radius 3 is 1.60 bits per heavy atom. The highest BCUT2D eigenvalue weighted by Gasteiger charge is 2.39. The smallest absolute Gasteiger partial charge is 0.0541 e. The van der Waals surface area contributed by atoms with Crippen LogP contribution in [-0.4, -0.2) is 9.13 Å². The van der Waals surface area contributed by atoms with Crippen LogP contribution in [0.2, 0.25) is 0 Å². The summed E-state index contributed by atoms with van der Waals surface area (Å²) < 4.78 is 4.94. The van der Waals surface area contributed by atoms with Gasteiger partial charge in [-0.25, -0.2) is 0 Å². The maximum atomic E-state index is 2.56. The van der Waals surface area contributed by atoms with E-state index in [9.17, 15) is 0 Å². The predicted molar refractivity (Wildman–Crippen MR) is 254 cm³/mol. The minimum absolute atomic E-state index is 0.176. The molecule has 0 bridgehead atoms. The van der Waals surface area contributed by atoms with Crippen LogP contribution in [0.1, 0.15) is 60.6 Å². The van der Waals surface area contributed by atoms with Gasteiger partial charge in [0.2, 0.25) is 0 Å². The van der Waals surface area contributed by atoms with Crippen molar-refractivity contribution in [2.75, 3.05) is 0 Å². The van der Waals surface area contributed by atoms with Crippen LogP contribution in [0.3, 0.4) is 0 Å². The van der Waals surface area contributed by atoms with Gasteiger partial charge in [0.25, 0.3) is 0 Å². The van der Waals surface area contributed by atoms with Gasteiger partial charge in [-0.3, -0.25) is 0 Å². The monoisotopic (exact) mass is 766 g/mol. The lowest BCUT2D eigenvalue weighted by Crippen LogP contribution is -2.15. The van der Waals surface area contributed by atoms with Gasteiger partial charge in [-0.2, -0.15) is 0 Å². The van der Waals surface area contributed by atoms with Crippen LogP contribution in [0.4, 0.5) is 0 Å². The number of nitrogens with zero attached hydrogens (tertiary/aromatic N) is 2. The van der Waals surface area contributed by atoms with E-state index in [4.69, 9.17) is 0 Å². The van der Waals surface area contributed by atoms with E-state index in [1.54, 1.807) is 0 Å². The molecule has 0 saturated carbocycles. The van der Waals surface area contributed by atoms with E-state index in [0.29, 0.717) is 0 Å². The molecule has 0 amide bonds. The minimum atomic E-state index is -0.176. The van der Waals surface area contributed by atoms with Gasteiger partial charge in [0.1, 0.15) is 0 Å². The van der Waals surface area contributed by atoms with Gasteiger partial charge in [0.15, 0.2) is 0 Å². The summed E-state index contributed by atoms with van der Waals surface area (Å²) in [5.74, 6) is 0.465.